The van der Waals surface area contributed by atoms with Gasteiger partial charge < -0.3 is 4.74 Å². The lowest BCUT2D eigenvalue weighted by Crippen LogP contribution is -2.28. The van der Waals surface area contributed by atoms with E-state index in [9.17, 15) is 19.2 Å². The molecule has 2 amide bonds. The van der Waals surface area contributed by atoms with E-state index in [-0.39, 0.29) is 42.6 Å². The van der Waals surface area contributed by atoms with Crippen molar-refractivity contribution in [1.82, 2.24) is 0 Å². The van der Waals surface area contributed by atoms with E-state index in [1.807, 2.05) is 26.8 Å². The molecule has 3 rings (SSSR count). The van der Waals surface area contributed by atoms with Crippen LogP contribution in [0.5, 0.6) is 0 Å². The Labute approximate surface area is 163 Å². The van der Waals surface area contributed by atoms with Crippen molar-refractivity contribution in [1.29, 1.82) is 0 Å². The highest BCUT2D eigenvalue weighted by Gasteiger charge is 2.30. The van der Waals surface area contributed by atoms with E-state index in [1.54, 1.807) is 6.07 Å². The number of amides is 2. The third-order valence-electron chi connectivity index (χ3n) is 4.89. The Hall–Kier alpha value is -3.28. The maximum Gasteiger partial charge on any atom is 0.338 e. The monoisotopic (exact) mass is 379 g/mol. The largest absolute Gasteiger partial charge is 0.454 e. The fraction of sp³-hybridized carbons (Fsp3) is 0.273. The van der Waals surface area contributed by atoms with Crippen LogP contribution in [0.25, 0.3) is 0 Å². The molecule has 1 aliphatic rings. The molecule has 0 unspecified atom stereocenters. The maximum absolute atomic E-state index is 12.4. The number of ketones is 1. The Balaban J connectivity index is 1.65. The predicted molar refractivity (Wildman–Crippen MR) is 103 cm³/mol. The molecule has 0 N–H and O–H groups in total. The summed E-state index contributed by atoms with van der Waals surface area (Å²) in [5, 5.41) is 0. The number of nitrogens with zero attached hydrogens (tertiary/aromatic N) is 1. The Morgan fingerprint density at radius 2 is 1.46 bits per heavy atom. The van der Waals surface area contributed by atoms with Crippen molar-refractivity contribution in [2.24, 2.45) is 0 Å². The molecule has 0 aromatic heterocycles. The van der Waals surface area contributed by atoms with E-state index in [4.69, 9.17) is 4.74 Å². The molecule has 1 fully saturated rings. The third kappa shape index (κ3) is 3.86. The zero-order chi connectivity index (χ0) is 20.4. The van der Waals surface area contributed by atoms with Crippen molar-refractivity contribution < 1.29 is 23.9 Å². The van der Waals surface area contributed by atoms with Crippen LogP contribution in [-0.4, -0.2) is 30.2 Å². The number of ether oxygens (including phenoxy) is 1. The summed E-state index contributed by atoms with van der Waals surface area (Å²) in [6.07, 6.45) is 0.394. The lowest BCUT2D eigenvalue weighted by atomic mass is 9.98. The summed E-state index contributed by atoms with van der Waals surface area (Å²) in [4.78, 5) is 49.3. The number of carbonyl (C=O) groups excluding carboxylic acids is 4. The highest BCUT2D eigenvalue weighted by Crippen LogP contribution is 2.23. The molecule has 0 radical (unpaired) electrons. The molecule has 2 aromatic rings. The quantitative estimate of drug-likeness (QED) is 0.452. The van der Waals surface area contributed by atoms with Gasteiger partial charge in [0.25, 0.3) is 0 Å². The molecule has 0 aliphatic carbocycles. The van der Waals surface area contributed by atoms with Crippen molar-refractivity contribution in [2.45, 2.75) is 33.6 Å². The van der Waals surface area contributed by atoms with Gasteiger partial charge in [0.2, 0.25) is 17.6 Å². The summed E-state index contributed by atoms with van der Waals surface area (Å²) in [5.41, 5.74) is 4.15. The lowest BCUT2D eigenvalue weighted by Gasteiger charge is -2.14. The summed E-state index contributed by atoms with van der Waals surface area (Å²) in [5.74, 6) is -1.41. The van der Waals surface area contributed by atoms with Crippen LogP contribution in [0.4, 0.5) is 5.69 Å². The second-order valence-electron chi connectivity index (χ2n) is 6.92. The topological polar surface area (TPSA) is 80.8 Å². The number of anilines is 1. The zero-order valence-corrected chi connectivity index (χ0v) is 16.1. The molecule has 1 heterocycles. The van der Waals surface area contributed by atoms with Gasteiger partial charge in [-0.15, -0.1) is 0 Å². The molecule has 6 nitrogen and oxygen atoms in total. The lowest BCUT2D eigenvalue weighted by molar-refractivity contribution is -0.121. The van der Waals surface area contributed by atoms with Crippen molar-refractivity contribution in [2.75, 3.05) is 11.5 Å². The van der Waals surface area contributed by atoms with E-state index >= 15 is 0 Å². The molecule has 1 saturated heterocycles. The first-order chi connectivity index (χ1) is 13.3. The fourth-order valence-corrected chi connectivity index (χ4v) is 3.16. The number of benzene rings is 2. The Kier molecular flexibility index (Phi) is 5.40. The van der Waals surface area contributed by atoms with Crippen LogP contribution in [0.1, 0.15) is 50.2 Å². The van der Waals surface area contributed by atoms with Crippen LogP contribution in [0.15, 0.2) is 36.4 Å². The van der Waals surface area contributed by atoms with Gasteiger partial charge in [-0.1, -0.05) is 6.07 Å². The van der Waals surface area contributed by atoms with Crippen LogP contribution in [0.3, 0.4) is 0 Å². The van der Waals surface area contributed by atoms with Gasteiger partial charge in [0.1, 0.15) is 0 Å². The van der Waals surface area contributed by atoms with E-state index in [1.165, 1.54) is 24.3 Å². The minimum absolute atomic E-state index is 0.197. The standard InChI is InChI=1S/C22H21NO5/c1-13-10-15(3)18(11-14(13)2)19(24)12-28-22(27)16-4-6-17(7-5-16)23-20(25)8-9-21(23)26/h4-7,10-11H,8-9,12H2,1-3H3. The summed E-state index contributed by atoms with van der Waals surface area (Å²) in [6, 6.07) is 9.73. The summed E-state index contributed by atoms with van der Waals surface area (Å²) in [7, 11) is 0. The number of carbonyl (C=O) groups is 4. The van der Waals surface area contributed by atoms with Crippen molar-refractivity contribution >= 4 is 29.3 Å². The minimum Gasteiger partial charge on any atom is -0.454 e. The van der Waals surface area contributed by atoms with E-state index < -0.39 is 5.97 Å². The smallest absolute Gasteiger partial charge is 0.338 e. The Bertz CT molecular complexity index is 959. The van der Waals surface area contributed by atoms with Crippen molar-refractivity contribution in [3.63, 3.8) is 0 Å². The first-order valence-electron chi connectivity index (χ1n) is 9.02. The van der Waals surface area contributed by atoms with E-state index in [0.29, 0.717) is 11.3 Å². The Morgan fingerprint density at radius 1 is 0.893 bits per heavy atom. The van der Waals surface area contributed by atoms with Gasteiger partial charge in [-0.2, -0.15) is 0 Å². The van der Waals surface area contributed by atoms with Crippen LogP contribution in [-0.2, 0) is 14.3 Å². The van der Waals surface area contributed by atoms with Gasteiger partial charge >= 0.3 is 5.97 Å². The third-order valence-corrected chi connectivity index (χ3v) is 4.89. The molecular formula is C22H21NO5. The fourth-order valence-electron chi connectivity index (χ4n) is 3.16. The molecule has 0 spiro atoms. The number of imide groups is 1. The van der Waals surface area contributed by atoms with Crippen molar-refractivity contribution in [3.05, 3.63) is 64.2 Å². The molecule has 0 bridgehead atoms. The first-order valence-corrected chi connectivity index (χ1v) is 9.02. The number of aryl methyl sites for hydroxylation is 3. The molecule has 144 valence electrons. The molecule has 2 aromatic carbocycles. The number of esters is 1. The second kappa shape index (κ2) is 7.76. The summed E-state index contributed by atoms with van der Waals surface area (Å²) < 4.78 is 5.14. The van der Waals surface area contributed by atoms with Crippen LogP contribution in [0.2, 0.25) is 0 Å². The first kappa shape index (κ1) is 19.5. The number of Topliss-reactive ketones (excluding diaryl/α,β-unsaturated/α-hetero) is 1. The minimum atomic E-state index is -0.638. The molecule has 0 atom stereocenters. The zero-order valence-electron chi connectivity index (χ0n) is 16.1. The Morgan fingerprint density at radius 3 is 2.07 bits per heavy atom. The SMILES string of the molecule is Cc1cc(C)c(C(=O)COC(=O)c2ccc(N3C(=O)CCC3=O)cc2)cc1C. The number of rotatable bonds is 5. The molecule has 1 aliphatic heterocycles. The van der Waals surface area contributed by atoms with Gasteiger partial charge in [-0.05, 0) is 67.8 Å². The van der Waals surface area contributed by atoms with Crippen LogP contribution >= 0.6 is 0 Å². The molecule has 6 heteroatoms. The highest BCUT2D eigenvalue weighted by molar-refractivity contribution is 6.19. The number of hydrogen-bond acceptors (Lipinski definition) is 5. The van der Waals surface area contributed by atoms with E-state index in [0.717, 1.165) is 21.6 Å². The average molecular weight is 379 g/mol. The van der Waals surface area contributed by atoms with Gasteiger partial charge in [0.15, 0.2) is 6.61 Å². The second-order valence-corrected chi connectivity index (χ2v) is 6.92. The van der Waals surface area contributed by atoms with Crippen LogP contribution in [0, 0.1) is 20.8 Å². The number of hydrogen-bond donors (Lipinski definition) is 0. The van der Waals surface area contributed by atoms with Gasteiger partial charge in [0, 0.05) is 18.4 Å². The predicted octanol–water partition coefficient (Wildman–Crippen LogP) is 3.30. The average Bonchev–Trinajstić information content (AvgIpc) is 3.01. The normalized spacial score (nSPS) is 13.8. The maximum atomic E-state index is 12.4. The van der Waals surface area contributed by atoms with Gasteiger partial charge in [-0.3, -0.25) is 19.3 Å². The molecule has 0 saturated carbocycles. The molecular weight excluding hydrogens is 358 g/mol. The van der Waals surface area contributed by atoms with Crippen molar-refractivity contribution in [3.8, 4) is 0 Å². The summed E-state index contributed by atoms with van der Waals surface area (Å²) in [6.45, 7) is 5.40. The molecule has 28 heavy (non-hydrogen) atoms. The van der Waals surface area contributed by atoms with Crippen LogP contribution < -0.4 is 4.90 Å². The van der Waals surface area contributed by atoms with Gasteiger partial charge in [-0.25, -0.2) is 4.79 Å². The van der Waals surface area contributed by atoms with Gasteiger partial charge in [0.05, 0.1) is 11.3 Å². The summed E-state index contributed by atoms with van der Waals surface area (Å²) >= 11 is 0. The van der Waals surface area contributed by atoms with E-state index in [2.05, 4.69) is 0 Å². The highest BCUT2D eigenvalue weighted by atomic mass is 16.5.